The number of nitro groups is 1. The molecule has 2 aliphatic rings. The first-order valence-electron chi connectivity index (χ1n) is 8.55. The largest absolute Gasteiger partial charge is 0.319 e. The number of nitro benzene ring substituents is 1. The summed E-state index contributed by atoms with van der Waals surface area (Å²) in [5, 5.41) is 16.5. The molecule has 1 amide bonds. The van der Waals surface area contributed by atoms with Crippen LogP contribution in [0.25, 0.3) is 5.57 Å². The van der Waals surface area contributed by atoms with Gasteiger partial charge in [-0.15, -0.1) is 0 Å². The van der Waals surface area contributed by atoms with Gasteiger partial charge < -0.3 is 5.32 Å². The van der Waals surface area contributed by atoms with E-state index in [1.165, 1.54) is 24.3 Å². The molecule has 0 bridgehead atoms. The molecule has 0 radical (unpaired) electrons. The van der Waals surface area contributed by atoms with E-state index in [2.05, 4.69) is 17.1 Å². The summed E-state index contributed by atoms with van der Waals surface area (Å²) in [5.41, 5.74) is 1.97. The highest BCUT2D eigenvalue weighted by atomic mass is 16.6. The van der Waals surface area contributed by atoms with E-state index in [0.29, 0.717) is 28.8 Å². The molecule has 2 atom stereocenters. The summed E-state index contributed by atoms with van der Waals surface area (Å²) in [6.07, 6.45) is 6.64. The highest BCUT2D eigenvalue weighted by Crippen LogP contribution is 2.32. The second-order valence-corrected chi connectivity index (χ2v) is 6.71. The van der Waals surface area contributed by atoms with E-state index >= 15 is 0 Å². The maximum Gasteiger partial charge on any atom is 0.296 e. The first kappa shape index (κ1) is 19.1. The summed E-state index contributed by atoms with van der Waals surface area (Å²) < 4.78 is 0. The van der Waals surface area contributed by atoms with Gasteiger partial charge >= 0.3 is 0 Å². The fourth-order valence-corrected chi connectivity index (χ4v) is 3.19. The topological polar surface area (TPSA) is 119 Å². The molecule has 142 valence electrons. The van der Waals surface area contributed by atoms with Crippen LogP contribution in [0.3, 0.4) is 0 Å². The fourth-order valence-electron chi connectivity index (χ4n) is 3.19. The van der Waals surface area contributed by atoms with Crippen molar-refractivity contribution >= 4 is 23.0 Å². The second-order valence-electron chi connectivity index (χ2n) is 6.71. The monoisotopic (exact) mass is 379 g/mol. The van der Waals surface area contributed by atoms with Crippen molar-refractivity contribution in [2.45, 2.75) is 19.4 Å². The zero-order valence-electron chi connectivity index (χ0n) is 15.0. The molecule has 1 N–H and O–H groups in total. The lowest BCUT2D eigenvalue weighted by molar-refractivity contribution is -0.384. The van der Waals surface area contributed by atoms with E-state index in [1.807, 2.05) is 0 Å². The Morgan fingerprint density at radius 1 is 1.36 bits per heavy atom. The maximum atomic E-state index is 12.8. The minimum absolute atomic E-state index is 0.0633. The Hall–Kier alpha value is -3.68. The van der Waals surface area contributed by atoms with Crippen molar-refractivity contribution in [2.75, 3.05) is 0 Å². The van der Waals surface area contributed by atoms with Crippen LogP contribution in [-0.2, 0) is 16.0 Å². The van der Waals surface area contributed by atoms with Gasteiger partial charge in [-0.25, -0.2) is 0 Å². The first-order chi connectivity index (χ1) is 13.3. The van der Waals surface area contributed by atoms with Crippen LogP contribution in [0, 0.1) is 20.9 Å². The summed E-state index contributed by atoms with van der Waals surface area (Å²) in [5.74, 6) is -1.91. The van der Waals surface area contributed by atoms with Crippen molar-refractivity contribution in [3.8, 4) is 0 Å². The van der Waals surface area contributed by atoms with Crippen LogP contribution >= 0.6 is 0 Å². The SMILES string of the molecule is C=C1C=C(C(=O)C(=O)NC2=CC(C)C(N=O)C=C2)c2cc([N+](=O)[O-])ccc2C1. The standard InChI is InChI=1S/C20H17N3O5/c1-11-7-13-3-5-15(23(27)28)10-16(13)17(8-11)19(24)20(25)21-14-4-6-18(22-26)12(2)9-14/h3-6,8-10,12,18H,1,7H2,2H3,(H,21,25). The van der Waals surface area contributed by atoms with Crippen LogP contribution in [0.1, 0.15) is 18.1 Å². The summed E-state index contributed by atoms with van der Waals surface area (Å²) in [6, 6.07) is 3.70. The van der Waals surface area contributed by atoms with E-state index < -0.39 is 22.7 Å². The Kier molecular flexibility index (Phi) is 5.12. The molecule has 0 fully saturated rings. The van der Waals surface area contributed by atoms with Crippen LogP contribution < -0.4 is 5.32 Å². The molecule has 28 heavy (non-hydrogen) atoms. The zero-order chi connectivity index (χ0) is 20.4. The molecule has 0 spiro atoms. The average molecular weight is 379 g/mol. The molecule has 8 nitrogen and oxygen atoms in total. The Balaban J connectivity index is 1.86. The number of hydrogen-bond donors (Lipinski definition) is 1. The zero-order valence-corrected chi connectivity index (χ0v) is 15.0. The number of carbonyl (C=O) groups excluding carboxylic acids is 2. The van der Waals surface area contributed by atoms with Gasteiger partial charge in [0.05, 0.1) is 4.92 Å². The highest BCUT2D eigenvalue weighted by molar-refractivity contribution is 6.54. The molecule has 1 aromatic carbocycles. The molecule has 2 unspecified atom stereocenters. The van der Waals surface area contributed by atoms with Gasteiger partial charge in [0.25, 0.3) is 17.4 Å². The number of non-ortho nitro benzene ring substituents is 1. The predicted molar refractivity (Wildman–Crippen MR) is 103 cm³/mol. The quantitative estimate of drug-likeness (QED) is 0.365. The molecule has 0 heterocycles. The van der Waals surface area contributed by atoms with Gasteiger partial charge in [0.1, 0.15) is 6.04 Å². The van der Waals surface area contributed by atoms with E-state index in [9.17, 15) is 24.6 Å². The lowest BCUT2D eigenvalue weighted by Gasteiger charge is -2.19. The van der Waals surface area contributed by atoms with Crippen LogP contribution in [-0.4, -0.2) is 22.7 Å². The van der Waals surface area contributed by atoms with Crippen LogP contribution in [0.15, 0.2) is 65.5 Å². The number of benzene rings is 1. The maximum absolute atomic E-state index is 12.8. The molecule has 8 heteroatoms. The van der Waals surface area contributed by atoms with E-state index in [1.54, 1.807) is 25.1 Å². The van der Waals surface area contributed by atoms with E-state index in [4.69, 9.17) is 0 Å². The summed E-state index contributed by atoms with van der Waals surface area (Å²) in [4.78, 5) is 46.4. The fraction of sp³-hybridized carbons (Fsp3) is 0.200. The molecule has 1 aromatic rings. The number of rotatable bonds is 5. The lowest BCUT2D eigenvalue weighted by Crippen LogP contribution is -2.32. The second kappa shape index (κ2) is 7.51. The van der Waals surface area contributed by atoms with Crippen molar-refractivity contribution in [3.63, 3.8) is 0 Å². The number of fused-ring (bicyclic) bond motifs is 1. The average Bonchev–Trinajstić information content (AvgIpc) is 2.66. The predicted octanol–water partition coefficient (Wildman–Crippen LogP) is 3.00. The first-order valence-corrected chi connectivity index (χ1v) is 8.55. The number of ketones is 1. The van der Waals surface area contributed by atoms with Crippen LogP contribution in [0.4, 0.5) is 5.69 Å². The Labute approximate surface area is 160 Å². The molecule has 0 aromatic heterocycles. The number of allylic oxidation sites excluding steroid dienone is 3. The van der Waals surface area contributed by atoms with Crippen LogP contribution in [0.5, 0.6) is 0 Å². The molecular weight excluding hydrogens is 362 g/mol. The number of nitrogens with zero attached hydrogens (tertiary/aromatic N) is 2. The molecule has 0 saturated heterocycles. The van der Waals surface area contributed by atoms with Gasteiger partial charge in [-0.2, -0.15) is 4.91 Å². The molecule has 3 rings (SSSR count). The number of amides is 1. The van der Waals surface area contributed by atoms with Crippen molar-refractivity contribution in [1.82, 2.24) is 5.32 Å². The number of Topliss-reactive ketones (excluding diaryl/α,β-unsaturated/α-hetero) is 1. The van der Waals surface area contributed by atoms with Crippen molar-refractivity contribution < 1.29 is 14.5 Å². The third kappa shape index (κ3) is 3.71. The summed E-state index contributed by atoms with van der Waals surface area (Å²) >= 11 is 0. The molecular formula is C20H17N3O5. The van der Waals surface area contributed by atoms with Gasteiger partial charge in [0, 0.05) is 29.3 Å². The lowest BCUT2D eigenvalue weighted by atomic mass is 9.86. The van der Waals surface area contributed by atoms with Crippen molar-refractivity contribution in [2.24, 2.45) is 11.1 Å². The number of hydrogen-bond acceptors (Lipinski definition) is 6. The van der Waals surface area contributed by atoms with E-state index in [0.717, 1.165) is 0 Å². The summed E-state index contributed by atoms with van der Waals surface area (Å²) in [6.45, 7) is 5.62. The minimum Gasteiger partial charge on any atom is -0.319 e. The number of nitrogens with one attached hydrogen (secondary N) is 1. The third-order valence-electron chi connectivity index (χ3n) is 4.64. The number of nitroso groups, excluding NO2 is 1. The Morgan fingerprint density at radius 3 is 2.75 bits per heavy atom. The Bertz CT molecular complexity index is 1000. The van der Waals surface area contributed by atoms with Gasteiger partial charge in [0.15, 0.2) is 0 Å². The summed E-state index contributed by atoms with van der Waals surface area (Å²) in [7, 11) is 0. The Morgan fingerprint density at radius 2 is 2.11 bits per heavy atom. The molecule has 0 saturated carbocycles. The van der Waals surface area contributed by atoms with Gasteiger partial charge in [-0.1, -0.05) is 42.5 Å². The molecule has 0 aliphatic heterocycles. The normalized spacial score (nSPS) is 20.5. The van der Waals surface area contributed by atoms with Crippen molar-refractivity contribution in [3.05, 3.63) is 86.5 Å². The highest BCUT2D eigenvalue weighted by Gasteiger charge is 2.28. The third-order valence-corrected chi connectivity index (χ3v) is 4.64. The van der Waals surface area contributed by atoms with Crippen molar-refractivity contribution in [1.29, 1.82) is 0 Å². The smallest absolute Gasteiger partial charge is 0.296 e. The minimum atomic E-state index is -0.876. The van der Waals surface area contributed by atoms with Gasteiger partial charge in [-0.3, -0.25) is 19.7 Å². The molecule has 2 aliphatic carbocycles. The van der Waals surface area contributed by atoms with Gasteiger partial charge in [0.2, 0.25) is 0 Å². The van der Waals surface area contributed by atoms with Crippen LogP contribution in [0.2, 0.25) is 0 Å². The van der Waals surface area contributed by atoms with Gasteiger partial charge in [-0.05, 0) is 29.7 Å². The number of carbonyl (C=O) groups is 2. The van der Waals surface area contributed by atoms with E-state index in [-0.39, 0.29) is 17.2 Å².